The molecule has 0 aromatic heterocycles. The summed E-state index contributed by atoms with van der Waals surface area (Å²) in [5, 5.41) is 14.8. The van der Waals surface area contributed by atoms with Crippen LogP contribution < -0.4 is 14.9 Å². The molecule has 7 nitrogen and oxygen atoms in total. The molecule has 0 saturated carbocycles. The number of aryl methyl sites for hydroxylation is 1. The molecule has 3 aromatic carbocycles. The summed E-state index contributed by atoms with van der Waals surface area (Å²) in [6.45, 7) is 3.16. The van der Waals surface area contributed by atoms with E-state index >= 15 is 0 Å². The predicted molar refractivity (Wildman–Crippen MR) is 118 cm³/mol. The summed E-state index contributed by atoms with van der Waals surface area (Å²) in [6.07, 6.45) is 2.43. The third-order valence-corrected chi connectivity index (χ3v) is 4.25. The largest absolute Gasteiger partial charge is 0.493 e. The van der Waals surface area contributed by atoms with Crippen molar-refractivity contribution >= 4 is 17.6 Å². The van der Waals surface area contributed by atoms with Crippen molar-refractivity contribution < 1.29 is 14.4 Å². The Hall–Kier alpha value is -3.87. The van der Waals surface area contributed by atoms with Crippen molar-refractivity contribution in [3.8, 4) is 11.5 Å². The van der Waals surface area contributed by atoms with E-state index in [0.29, 0.717) is 18.9 Å². The van der Waals surface area contributed by atoms with Crippen LogP contribution in [0.4, 0.5) is 11.4 Å². The minimum atomic E-state index is -0.437. The summed E-state index contributed by atoms with van der Waals surface area (Å²) < 4.78 is 11.6. The first-order valence-electron chi connectivity index (χ1n) is 9.56. The van der Waals surface area contributed by atoms with Crippen LogP contribution in [-0.4, -0.2) is 24.4 Å². The number of hydrazone groups is 1. The topological polar surface area (TPSA) is 86.0 Å². The van der Waals surface area contributed by atoms with E-state index in [9.17, 15) is 10.1 Å². The van der Waals surface area contributed by atoms with Gasteiger partial charge < -0.3 is 9.47 Å². The van der Waals surface area contributed by atoms with Gasteiger partial charge in [-0.25, -0.2) is 0 Å². The summed E-state index contributed by atoms with van der Waals surface area (Å²) in [6, 6.07) is 21.6. The van der Waals surface area contributed by atoms with E-state index in [1.54, 1.807) is 18.3 Å². The van der Waals surface area contributed by atoms with Crippen LogP contribution in [0.25, 0.3) is 0 Å². The predicted octanol–water partition coefficient (Wildman–Crippen LogP) is 5.20. The van der Waals surface area contributed by atoms with Crippen LogP contribution in [0.15, 0.2) is 77.9 Å². The van der Waals surface area contributed by atoms with Gasteiger partial charge in [0.05, 0.1) is 30.0 Å². The van der Waals surface area contributed by atoms with E-state index in [4.69, 9.17) is 9.47 Å². The Morgan fingerprint density at radius 3 is 2.53 bits per heavy atom. The number of hydrogen-bond acceptors (Lipinski definition) is 6. The average molecular weight is 405 g/mol. The molecule has 0 amide bonds. The van der Waals surface area contributed by atoms with Crippen molar-refractivity contribution in [2.24, 2.45) is 5.10 Å². The Bertz CT molecular complexity index is 1000. The summed E-state index contributed by atoms with van der Waals surface area (Å²) in [7, 11) is 0. The SMILES string of the molecule is Cc1ccccc1OCCCOc1cccc(/C=N\Nc2ccc([N+](=O)[O-])cc2)c1. The minimum absolute atomic E-state index is 0.0404. The highest BCUT2D eigenvalue weighted by molar-refractivity contribution is 5.80. The molecule has 0 atom stereocenters. The second-order valence-electron chi connectivity index (χ2n) is 6.56. The number of anilines is 1. The van der Waals surface area contributed by atoms with Crippen LogP contribution in [0, 0.1) is 17.0 Å². The maximum Gasteiger partial charge on any atom is 0.269 e. The first kappa shape index (κ1) is 20.9. The normalized spacial score (nSPS) is 10.7. The lowest BCUT2D eigenvalue weighted by molar-refractivity contribution is -0.384. The molecule has 0 aliphatic carbocycles. The molecule has 154 valence electrons. The van der Waals surface area contributed by atoms with Crippen LogP contribution in [0.5, 0.6) is 11.5 Å². The molecule has 0 heterocycles. The van der Waals surface area contributed by atoms with Crippen molar-refractivity contribution in [2.75, 3.05) is 18.6 Å². The van der Waals surface area contributed by atoms with Crippen molar-refractivity contribution in [1.29, 1.82) is 0 Å². The van der Waals surface area contributed by atoms with Crippen LogP contribution in [0.2, 0.25) is 0 Å². The lowest BCUT2D eigenvalue weighted by Crippen LogP contribution is -2.05. The third kappa shape index (κ3) is 6.34. The van der Waals surface area contributed by atoms with E-state index in [1.807, 2.05) is 55.5 Å². The average Bonchev–Trinajstić information content (AvgIpc) is 2.75. The molecule has 0 spiro atoms. The first-order valence-corrected chi connectivity index (χ1v) is 9.56. The zero-order chi connectivity index (χ0) is 21.2. The Labute approximate surface area is 175 Å². The highest BCUT2D eigenvalue weighted by atomic mass is 16.6. The van der Waals surface area contributed by atoms with Gasteiger partial charge in [0.15, 0.2) is 0 Å². The van der Waals surface area contributed by atoms with Crippen LogP contribution in [0.1, 0.15) is 17.5 Å². The zero-order valence-corrected chi connectivity index (χ0v) is 16.7. The first-order chi connectivity index (χ1) is 14.6. The van der Waals surface area contributed by atoms with Crippen molar-refractivity contribution in [3.63, 3.8) is 0 Å². The number of ether oxygens (including phenoxy) is 2. The monoisotopic (exact) mass is 405 g/mol. The molecule has 0 fully saturated rings. The number of non-ortho nitro benzene ring substituents is 1. The van der Waals surface area contributed by atoms with Gasteiger partial charge >= 0.3 is 0 Å². The van der Waals surface area contributed by atoms with Gasteiger partial charge in [-0.15, -0.1) is 0 Å². The summed E-state index contributed by atoms with van der Waals surface area (Å²) in [5.74, 6) is 1.65. The molecule has 7 heteroatoms. The number of rotatable bonds is 10. The van der Waals surface area contributed by atoms with E-state index in [1.165, 1.54) is 12.1 Å². The summed E-state index contributed by atoms with van der Waals surface area (Å²) in [5.41, 5.74) is 5.54. The molecular formula is C23H23N3O4. The Morgan fingerprint density at radius 2 is 1.77 bits per heavy atom. The van der Waals surface area contributed by atoms with Gasteiger partial charge in [-0.05, 0) is 48.4 Å². The zero-order valence-electron chi connectivity index (χ0n) is 16.7. The number of nitro benzene ring substituents is 1. The number of nitrogens with zero attached hydrogens (tertiary/aromatic N) is 2. The number of benzene rings is 3. The van der Waals surface area contributed by atoms with E-state index in [0.717, 1.165) is 29.0 Å². The molecule has 0 radical (unpaired) electrons. The number of nitrogens with one attached hydrogen (secondary N) is 1. The van der Waals surface area contributed by atoms with Crippen LogP contribution in [0.3, 0.4) is 0 Å². The van der Waals surface area contributed by atoms with Gasteiger partial charge in [-0.3, -0.25) is 15.5 Å². The van der Waals surface area contributed by atoms with Gasteiger partial charge in [0.25, 0.3) is 5.69 Å². The Morgan fingerprint density at radius 1 is 1.00 bits per heavy atom. The summed E-state index contributed by atoms with van der Waals surface area (Å²) in [4.78, 5) is 10.2. The highest BCUT2D eigenvalue weighted by Gasteiger charge is 2.03. The van der Waals surface area contributed by atoms with Gasteiger partial charge in [-0.1, -0.05) is 30.3 Å². The van der Waals surface area contributed by atoms with E-state index in [-0.39, 0.29) is 5.69 Å². The molecule has 0 bridgehead atoms. The smallest absolute Gasteiger partial charge is 0.269 e. The lowest BCUT2D eigenvalue weighted by atomic mass is 10.2. The highest BCUT2D eigenvalue weighted by Crippen LogP contribution is 2.17. The molecule has 30 heavy (non-hydrogen) atoms. The Kier molecular flexibility index (Phi) is 7.38. The fraction of sp³-hybridized carbons (Fsp3) is 0.174. The van der Waals surface area contributed by atoms with Crippen molar-refractivity contribution in [1.82, 2.24) is 0 Å². The number of para-hydroxylation sites is 1. The quantitative estimate of drug-likeness (QED) is 0.217. The fourth-order valence-electron chi connectivity index (χ4n) is 2.67. The molecule has 1 N–H and O–H groups in total. The Balaban J connectivity index is 1.43. The molecular weight excluding hydrogens is 382 g/mol. The minimum Gasteiger partial charge on any atom is -0.493 e. The van der Waals surface area contributed by atoms with Gasteiger partial charge in [0.2, 0.25) is 0 Å². The molecule has 3 aromatic rings. The third-order valence-electron chi connectivity index (χ3n) is 4.25. The van der Waals surface area contributed by atoms with Gasteiger partial charge in [-0.2, -0.15) is 5.10 Å². The lowest BCUT2D eigenvalue weighted by Gasteiger charge is -2.10. The standard InChI is InChI=1S/C23H23N3O4/c1-18-6-2-3-9-23(18)30-15-5-14-29-22-8-4-7-19(16-22)17-24-25-20-10-12-21(13-11-20)26(27)28/h2-4,6-13,16-17,25H,5,14-15H2,1H3/b24-17-. The van der Waals surface area contributed by atoms with Crippen molar-refractivity contribution in [3.05, 3.63) is 94.0 Å². The molecule has 3 rings (SSSR count). The maximum absolute atomic E-state index is 10.7. The van der Waals surface area contributed by atoms with Crippen LogP contribution in [-0.2, 0) is 0 Å². The molecule has 0 aliphatic rings. The second-order valence-corrected chi connectivity index (χ2v) is 6.56. The van der Waals surface area contributed by atoms with E-state index in [2.05, 4.69) is 10.5 Å². The summed E-state index contributed by atoms with van der Waals surface area (Å²) >= 11 is 0. The number of hydrogen-bond donors (Lipinski definition) is 1. The fourth-order valence-corrected chi connectivity index (χ4v) is 2.67. The molecule has 0 aliphatic heterocycles. The van der Waals surface area contributed by atoms with Crippen LogP contribution >= 0.6 is 0 Å². The second kappa shape index (κ2) is 10.6. The molecule has 0 unspecified atom stereocenters. The number of nitro groups is 1. The van der Waals surface area contributed by atoms with E-state index < -0.39 is 4.92 Å². The molecule has 0 saturated heterocycles. The van der Waals surface area contributed by atoms with Gasteiger partial charge in [0, 0.05) is 18.6 Å². The van der Waals surface area contributed by atoms with Crippen molar-refractivity contribution in [2.45, 2.75) is 13.3 Å². The van der Waals surface area contributed by atoms with Gasteiger partial charge in [0.1, 0.15) is 11.5 Å². The maximum atomic E-state index is 10.7.